The Balaban J connectivity index is 2.57. The van der Waals surface area contributed by atoms with Gasteiger partial charge in [0.2, 0.25) is 0 Å². The van der Waals surface area contributed by atoms with Gasteiger partial charge in [0.25, 0.3) is 0 Å². The highest BCUT2D eigenvalue weighted by Gasteiger charge is 2.16. The Hall–Kier alpha value is -2.30. The van der Waals surface area contributed by atoms with Gasteiger partial charge in [-0.3, -0.25) is 4.79 Å². The Morgan fingerprint density at radius 2 is 1.53 bits per heavy atom. The van der Waals surface area contributed by atoms with Crippen molar-refractivity contribution in [3.8, 4) is 11.1 Å². The lowest BCUT2D eigenvalue weighted by atomic mass is 10.00. The summed E-state index contributed by atoms with van der Waals surface area (Å²) in [5.74, 6) is -4.29. The smallest absolute Gasteiger partial charge is 0.307 e. The standard InChI is InChI=1S/C14H9F3O2/c15-11-6-2-5-10(14(11)17)9-4-1-3-8(13(9)16)7-12(18)19/h1-6H,7H2,(H,18,19). The Morgan fingerprint density at radius 3 is 2.16 bits per heavy atom. The van der Waals surface area contributed by atoms with Gasteiger partial charge in [0.05, 0.1) is 6.42 Å². The molecule has 2 aromatic carbocycles. The Kier molecular flexibility index (Phi) is 3.55. The molecule has 1 N–H and O–H groups in total. The number of benzene rings is 2. The van der Waals surface area contributed by atoms with Gasteiger partial charge in [-0.25, -0.2) is 13.2 Å². The Morgan fingerprint density at radius 1 is 0.947 bits per heavy atom. The zero-order valence-electron chi connectivity index (χ0n) is 9.66. The minimum atomic E-state index is -1.20. The number of carboxylic acids is 1. The van der Waals surface area contributed by atoms with Crippen LogP contribution in [0.2, 0.25) is 0 Å². The lowest BCUT2D eigenvalue weighted by Crippen LogP contribution is -2.04. The minimum Gasteiger partial charge on any atom is -0.481 e. The van der Waals surface area contributed by atoms with Crippen molar-refractivity contribution >= 4 is 5.97 Å². The molecule has 0 fully saturated rings. The molecule has 0 atom stereocenters. The molecule has 2 aromatic rings. The number of hydrogen-bond acceptors (Lipinski definition) is 1. The predicted octanol–water partition coefficient (Wildman–Crippen LogP) is 3.40. The summed E-state index contributed by atoms with van der Waals surface area (Å²) in [4.78, 5) is 10.6. The van der Waals surface area contributed by atoms with E-state index in [0.717, 1.165) is 6.07 Å². The highest BCUT2D eigenvalue weighted by atomic mass is 19.2. The molecule has 0 saturated carbocycles. The van der Waals surface area contributed by atoms with Crippen LogP contribution in [0.3, 0.4) is 0 Å². The maximum Gasteiger partial charge on any atom is 0.307 e. The summed E-state index contributed by atoms with van der Waals surface area (Å²) >= 11 is 0. The fraction of sp³-hybridized carbons (Fsp3) is 0.0714. The SMILES string of the molecule is O=C(O)Cc1cccc(-c2cccc(F)c2F)c1F. The molecule has 0 aliphatic carbocycles. The third-order valence-corrected chi connectivity index (χ3v) is 2.66. The van der Waals surface area contributed by atoms with Gasteiger partial charge >= 0.3 is 5.97 Å². The first-order valence-electron chi connectivity index (χ1n) is 5.44. The van der Waals surface area contributed by atoms with Gasteiger partial charge in [-0.2, -0.15) is 0 Å². The van der Waals surface area contributed by atoms with E-state index in [0.29, 0.717) is 0 Å². The summed E-state index contributed by atoms with van der Waals surface area (Å²) < 4.78 is 40.8. The summed E-state index contributed by atoms with van der Waals surface area (Å²) in [6.45, 7) is 0. The van der Waals surface area contributed by atoms with Crippen molar-refractivity contribution < 1.29 is 23.1 Å². The monoisotopic (exact) mass is 266 g/mol. The number of carboxylic acid groups (broad SMARTS) is 1. The number of hydrogen-bond donors (Lipinski definition) is 1. The van der Waals surface area contributed by atoms with Crippen molar-refractivity contribution in [3.05, 3.63) is 59.4 Å². The highest BCUT2D eigenvalue weighted by Crippen LogP contribution is 2.28. The number of rotatable bonds is 3. The van der Waals surface area contributed by atoms with Crippen molar-refractivity contribution in [2.45, 2.75) is 6.42 Å². The second kappa shape index (κ2) is 5.14. The average Bonchev–Trinajstić information content (AvgIpc) is 2.35. The maximum absolute atomic E-state index is 14.1. The molecule has 0 heterocycles. The second-order valence-electron chi connectivity index (χ2n) is 3.95. The van der Waals surface area contributed by atoms with Crippen molar-refractivity contribution in [1.29, 1.82) is 0 Å². The van der Waals surface area contributed by atoms with Crippen LogP contribution in [0.5, 0.6) is 0 Å². The van der Waals surface area contributed by atoms with Crippen LogP contribution in [0.15, 0.2) is 36.4 Å². The molecule has 0 saturated heterocycles. The van der Waals surface area contributed by atoms with Crippen molar-refractivity contribution in [2.75, 3.05) is 0 Å². The summed E-state index contributed by atoms with van der Waals surface area (Å²) in [5.41, 5.74) is -0.464. The molecule has 0 unspecified atom stereocenters. The normalized spacial score (nSPS) is 10.5. The van der Waals surface area contributed by atoms with Gasteiger partial charge in [0, 0.05) is 11.1 Å². The van der Waals surface area contributed by atoms with Crippen molar-refractivity contribution in [2.24, 2.45) is 0 Å². The molecule has 0 aromatic heterocycles. The maximum atomic E-state index is 14.1. The third kappa shape index (κ3) is 2.59. The summed E-state index contributed by atoms with van der Waals surface area (Å²) in [6, 6.07) is 7.40. The van der Waals surface area contributed by atoms with Crippen LogP contribution < -0.4 is 0 Å². The summed E-state index contributed by atoms with van der Waals surface area (Å²) in [7, 11) is 0. The van der Waals surface area contributed by atoms with E-state index in [1.165, 1.54) is 30.3 Å². The number of halogens is 3. The van der Waals surface area contributed by atoms with Crippen LogP contribution >= 0.6 is 0 Å². The van der Waals surface area contributed by atoms with Crippen LogP contribution in [0, 0.1) is 17.5 Å². The average molecular weight is 266 g/mol. The predicted molar refractivity (Wildman–Crippen MR) is 63.1 cm³/mol. The third-order valence-electron chi connectivity index (χ3n) is 2.66. The molecule has 0 aliphatic heterocycles. The topological polar surface area (TPSA) is 37.3 Å². The molecule has 0 amide bonds. The van der Waals surface area contributed by atoms with Crippen LogP contribution in [0.1, 0.15) is 5.56 Å². The van der Waals surface area contributed by atoms with E-state index in [1.807, 2.05) is 0 Å². The molecule has 2 rings (SSSR count). The minimum absolute atomic E-state index is 0.0753. The quantitative estimate of drug-likeness (QED) is 0.924. The fourth-order valence-corrected chi connectivity index (χ4v) is 1.80. The Bertz CT molecular complexity index is 639. The first-order chi connectivity index (χ1) is 9.00. The first kappa shape index (κ1) is 13.1. The van der Waals surface area contributed by atoms with Gasteiger partial charge in [-0.05, 0) is 11.6 Å². The number of aliphatic carboxylic acids is 1. The van der Waals surface area contributed by atoms with Gasteiger partial charge in [0.1, 0.15) is 5.82 Å². The second-order valence-corrected chi connectivity index (χ2v) is 3.95. The van der Waals surface area contributed by atoms with E-state index < -0.39 is 29.8 Å². The Labute approximate surface area is 107 Å². The molecule has 98 valence electrons. The fourth-order valence-electron chi connectivity index (χ4n) is 1.80. The zero-order chi connectivity index (χ0) is 14.0. The zero-order valence-corrected chi connectivity index (χ0v) is 9.66. The van der Waals surface area contributed by atoms with Crippen LogP contribution in [0.25, 0.3) is 11.1 Å². The molecule has 0 aliphatic rings. The van der Waals surface area contributed by atoms with Gasteiger partial charge in [-0.15, -0.1) is 0 Å². The molecule has 0 spiro atoms. The van der Waals surface area contributed by atoms with Gasteiger partial charge in [0.15, 0.2) is 11.6 Å². The van der Waals surface area contributed by atoms with Gasteiger partial charge < -0.3 is 5.11 Å². The lowest BCUT2D eigenvalue weighted by molar-refractivity contribution is -0.136. The van der Waals surface area contributed by atoms with Crippen LogP contribution in [0.4, 0.5) is 13.2 Å². The van der Waals surface area contributed by atoms with Crippen molar-refractivity contribution in [1.82, 2.24) is 0 Å². The highest BCUT2D eigenvalue weighted by molar-refractivity contribution is 5.72. The molecule has 0 bridgehead atoms. The van der Waals surface area contributed by atoms with Gasteiger partial charge in [-0.1, -0.05) is 30.3 Å². The first-order valence-corrected chi connectivity index (χ1v) is 5.44. The molecule has 0 radical (unpaired) electrons. The van der Waals surface area contributed by atoms with E-state index in [-0.39, 0.29) is 16.7 Å². The largest absolute Gasteiger partial charge is 0.481 e. The molecular weight excluding hydrogens is 257 g/mol. The van der Waals surface area contributed by atoms with Crippen LogP contribution in [-0.2, 0) is 11.2 Å². The van der Waals surface area contributed by atoms with E-state index in [2.05, 4.69) is 0 Å². The lowest BCUT2D eigenvalue weighted by Gasteiger charge is -2.08. The van der Waals surface area contributed by atoms with E-state index >= 15 is 0 Å². The molecule has 5 heteroatoms. The van der Waals surface area contributed by atoms with Crippen LogP contribution in [-0.4, -0.2) is 11.1 Å². The molecule has 2 nitrogen and oxygen atoms in total. The van der Waals surface area contributed by atoms with E-state index in [4.69, 9.17) is 5.11 Å². The van der Waals surface area contributed by atoms with E-state index in [1.54, 1.807) is 0 Å². The molecule has 19 heavy (non-hydrogen) atoms. The number of carbonyl (C=O) groups is 1. The van der Waals surface area contributed by atoms with E-state index in [9.17, 15) is 18.0 Å². The molecular formula is C14H9F3O2. The van der Waals surface area contributed by atoms with Crippen molar-refractivity contribution in [3.63, 3.8) is 0 Å². The summed E-state index contributed by atoms with van der Waals surface area (Å²) in [5, 5.41) is 8.65. The summed E-state index contributed by atoms with van der Waals surface area (Å²) in [6.07, 6.45) is -0.517.